The summed E-state index contributed by atoms with van der Waals surface area (Å²) in [5.41, 5.74) is 5.41. The minimum absolute atomic E-state index is 0.0227. The number of carbonyl (C=O) groups excluding carboxylic acids is 1. The minimum atomic E-state index is -0.345. The molecule has 1 amide bonds. The lowest BCUT2D eigenvalue weighted by Gasteiger charge is -2.33. The number of hydrogen-bond donors (Lipinski definition) is 2. The Bertz CT molecular complexity index is 465. The molecule has 0 heterocycles. The smallest absolute Gasteiger partial charge is 0.220 e. The molecule has 5 heteroatoms. The average molecular weight is 357 g/mol. The highest BCUT2D eigenvalue weighted by molar-refractivity contribution is 9.10. The van der Waals surface area contributed by atoms with Crippen molar-refractivity contribution in [2.45, 2.75) is 39.2 Å². The minimum Gasteiger partial charge on any atom is -0.494 e. The molecule has 0 aliphatic carbocycles. The van der Waals surface area contributed by atoms with Crippen molar-refractivity contribution in [3.8, 4) is 5.75 Å². The van der Waals surface area contributed by atoms with Gasteiger partial charge in [-0.15, -0.1) is 0 Å². The summed E-state index contributed by atoms with van der Waals surface area (Å²) < 4.78 is 6.59. The molecular weight excluding hydrogens is 332 g/mol. The largest absolute Gasteiger partial charge is 0.494 e. The van der Waals surface area contributed by atoms with Gasteiger partial charge in [-0.1, -0.05) is 35.8 Å². The lowest BCUT2D eigenvalue weighted by atomic mass is 9.88. The van der Waals surface area contributed by atoms with Crippen molar-refractivity contribution >= 4 is 21.8 Å². The van der Waals surface area contributed by atoms with E-state index in [-0.39, 0.29) is 11.4 Å². The van der Waals surface area contributed by atoms with E-state index in [1.165, 1.54) is 0 Å². The van der Waals surface area contributed by atoms with Crippen molar-refractivity contribution in [3.63, 3.8) is 0 Å². The van der Waals surface area contributed by atoms with Gasteiger partial charge in [-0.05, 0) is 37.5 Å². The topological polar surface area (TPSA) is 64.3 Å². The lowest BCUT2D eigenvalue weighted by Crippen LogP contribution is -2.55. The highest BCUT2D eigenvalue weighted by Crippen LogP contribution is 2.18. The number of nitrogens with one attached hydrogen (secondary N) is 1. The molecule has 0 aliphatic rings. The standard InChI is InChI=1S/C16H25BrN2O2/c1-12(2)16(3,11-18)19-15(20)8-5-9-21-14-7-4-6-13(17)10-14/h4,6-7,10,12H,5,8-9,11,18H2,1-3H3,(H,19,20). The van der Waals surface area contributed by atoms with Gasteiger partial charge in [0.15, 0.2) is 0 Å². The molecule has 0 spiro atoms. The molecule has 0 aliphatic heterocycles. The van der Waals surface area contributed by atoms with Gasteiger partial charge < -0.3 is 15.8 Å². The number of amides is 1. The summed E-state index contributed by atoms with van der Waals surface area (Å²) in [6.07, 6.45) is 1.12. The first-order valence-corrected chi connectivity index (χ1v) is 8.06. The zero-order valence-electron chi connectivity index (χ0n) is 13.0. The summed E-state index contributed by atoms with van der Waals surface area (Å²) in [5.74, 6) is 1.12. The Morgan fingerprint density at radius 1 is 1.48 bits per heavy atom. The molecule has 0 saturated heterocycles. The van der Waals surface area contributed by atoms with E-state index in [0.29, 0.717) is 31.9 Å². The second kappa shape index (κ2) is 8.39. The van der Waals surface area contributed by atoms with Gasteiger partial charge in [0.1, 0.15) is 5.75 Å². The van der Waals surface area contributed by atoms with E-state index in [0.717, 1.165) is 10.2 Å². The normalized spacial score (nSPS) is 13.8. The van der Waals surface area contributed by atoms with E-state index < -0.39 is 0 Å². The Balaban J connectivity index is 2.31. The molecule has 1 rings (SSSR count). The number of rotatable bonds is 8. The molecular formula is C16H25BrN2O2. The van der Waals surface area contributed by atoms with Crippen molar-refractivity contribution in [3.05, 3.63) is 28.7 Å². The third-order valence-electron chi connectivity index (χ3n) is 3.74. The first-order chi connectivity index (χ1) is 9.87. The second-order valence-corrected chi connectivity index (χ2v) is 6.65. The van der Waals surface area contributed by atoms with Crippen LogP contribution in [-0.2, 0) is 4.79 Å². The van der Waals surface area contributed by atoms with E-state index in [1.807, 2.05) is 31.2 Å². The van der Waals surface area contributed by atoms with Crippen LogP contribution >= 0.6 is 15.9 Å². The first-order valence-electron chi connectivity index (χ1n) is 7.27. The van der Waals surface area contributed by atoms with Crippen LogP contribution < -0.4 is 15.8 Å². The number of halogens is 1. The van der Waals surface area contributed by atoms with Gasteiger partial charge in [0.05, 0.1) is 12.1 Å². The number of benzene rings is 1. The maximum Gasteiger partial charge on any atom is 0.220 e. The first kappa shape index (κ1) is 18.0. The van der Waals surface area contributed by atoms with Crippen LogP contribution in [0.25, 0.3) is 0 Å². The number of ether oxygens (including phenoxy) is 1. The van der Waals surface area contributed by atoms with Crippen molar-refractivity contribution < 1.29 is 9.53 Å². The zero-order chi connectivity index (χ0) is 15.9. The summed E-state index contributed by atoms with van der Waals surface area (Å²) in [7, 11) is 0. The molecule has 1 aromatic rings. The molecule has 118 valence electrons. The van der Waals surface area contributed by atoms with Crippen LogP contribution in [0.4, 0.5) is 0 Å². The van der Waals surface area contributed by atoms with E-state index in [4.69, 9.17) is 10.5 Å². The molecule has 3 N–H and O–H groups in total. The van der Waals surface area contributed by atoms with Gasteiger partial charge >= 0.3 is 0 Å². The van der Waals surface area contributed by atoms with Crippen LogP contribution in [0.2, 0.25) is 0 Å². The molecule has 0 bridgehead atoms. The SMILES string of the molecule is CC(C)C(C)(CN)NC(=O)CCCOc1cccc(Br)c1. The fourth-order valence-electron chi connectivity index (χ4n) is 1.79. The van der Waals surface area contributed by atoms with E-state index in [9.17, 15) is 4.79 Å². The maximum absolute atomic E-state index is 12.0. The van der Waals surface area contributed by atoms with Crippen molar-refractivity contribution in [1.82, 2.24) is 5.32 Å². The quantitative estimate of drug-likeness (QED) is 0.703. The Labute approximate surface area is 135 Å². The lowest BCUT2D eigenvalue weighted by molar-refractivity contribution is -0.123. The Kier molecular flexibility index (Phi) is 7.18. The summed E-state index contributed by atoms with van der Waals surface area (Å²) >= 11 is 3.39. The van der Waals surface area contributed by atoms with Crippen LogP contribution in [0.3, 0.4) is 0 Å². The van der Waals surface area contributed by atoms with Crippen LogP contribution in [0.1, 0.15) is 33.6 Å². The van der Waals surface area contributed by atoms with Crippen LogP contribution in [0.15, 0.2) is 28.7 Å². The molecule has 0 radical (unpaired) electrons. The molecule has 4 nitrogen and oxygen atoms in total. The second-order valence-electron chi connectivity index (χ2n) is 5.73. The van der Waals surface area contributed by atoms with Crippen molar-refractivity contribution in [1.29, 1.82) is 0 Å². The van der Waals surface area contributed by atoms with Crippen molar-refractivity contribution in [2.24, 2.45) is 11.7 Å². The fourth-order valence-corrected chi connectivity index (χ4v) is 2.17. The van der Waals surface area contributed by atoms with Crippen LogP contribution in [0.5, 0.6) is 5.75 Å². The molecule has 0 saturated carbocycles. The molecule has 21 heavy (non-hydrogen) atoms. The van der Waals surface area contributed by atoms with Gasteiger partial charge in [0.2, 0.25) is 5.91 Å². The van der Waals surface area contributed by atoms with Gasteiger partial charge in [-0.2, -0.15) is 0 Å². The molecule has 0 aromatic heterocycles. The predicted octanol–water partition coefficient (Wildman–Crippen LogP) is 3.10. The average Bonchev–Trinajstić information content (AvgIpc) is 2.43. The number of hydrogen-bond acceptors (Lipinski definition) is 3. The third kappa shape index (κ3) is 6.06. The van der Waals surface area contributed by atoms with Gasteiger partial charge in [-0.25, -0.2) is 0 Å². The summed E-state index contributed by atoms with van der Waals surface area (Å²) in [5, 5.41) is 3.02. The third-order valence-corrected chi connectivity index (χ3v) is 4.23. The Hall–Kier alpha value is -1.07. The van der Waals surface area contributed by atoms with Gasteiger partial charge in [0.25, 0.3) is 0 Å². The van der Waals surface area contributed by atoms with Crippen molar-refractivity contribution in [2.75, 3.05) is 13.2 Å². The highest BCUT2D eigenvalue weighted by atomic mass is 79.9. The monoisotopic (exact) mass is 356 g/mol. The fraction of sp³-hybridized carbons (Fsp3) is 0.562. The zero-order valence-corrected chi connectivity index (χ0v) is 14.6. The Morgan fingerprint density at radius 2 is 2.19 bits per heavy atom. The Morgan fingerprint density at radius 3 is 2.76 bits per heavy atom. The van der Waals surface area contributed by atoms with Crippen LogP contribution in [0, 0.1) is 5.92 Å². The van der Waals surface area contributed by atoms with Gasteiger partial charge in [0, 0.05) is 17.4 Å². The van der Waals surface area contributed by atoms with Crippen LogP contribution in [-0.4, -0.2) is 24.6 Å². The summed E-state index contributed by atoms with van der Waals surface area (Å²) in [6, 6.07) is 7.67. The van der Waals surface area contributed by atoms with E-state index >= 15 is 0 Å². The number of nitrogens with two attached hydrogens (primary N) is 1. The highest BCUT2D eigenvalue weighted by Gasteiger charge is 2.28. The molecule has 1 atom stereocenters. The van der Waals surface area contributed by atoms with E-state index in [1.54, 1.807) is 0 Å². The van der Waals surface area contributed by atoms with E-state index in [2.05, 4.69) is 35.1 Å². The predicted molar refractivity (Wildman–Crippen MR) is 89.3 cm³/mol. The van der Waals surface area contributed by atoms with Gasteiger partial charge in [-0.3, -0.25) is 4.79 Å². The summed E-state index contributed by atoms with van der Waals surface area (Å²) in [6.45, 7) is 7.05. The number of carbonyl (C=O) groups is 1. The maximum atomic E-state index is 12.0. The summed E-state index contributed by atoms with van der Waals surface area (Å²) in [4.78, 5) is 12.0. The molecule has 1 aromatic carbocycles. The molecule has 0 fully saturated rings. The molecule has 1 unspecified atom stereocenters.